The van der Waals surface area contributed by atoms with E-state index in [-0.39, 0.29) is 23.6 Å². The van der Waals surface area contributed by atoms with Crippen LogP contribution in [0.15, 0.2) is 33.5 Å². The molecule has 0 spiro atoms. The van der Waals surface area contributed by atoms with Crippen molar-refractivity contribution in [3.63, 3.8) is 0 Å². The Kier molecular flexibility index (Phi) is 13.2. The predicted octanol–water partition coefficient (Wildman–Crippen LogP) is 0.863. The minimum Gasteiger partial charge on any atom is -0.481 e. The Morgan fingerprint density at radius 3 is 2.09 bits per heavy atom. The summed E-state index contributed by atoms with van der Waals surface area (Å²) in [5.74, 6) is -6.70. The molecule has 0 aliphatic rings. The van der Waals surface area contributed by atoms with Crippen molar-refractivity contribution in [3.05, 3.63) is 40.2 Å². The molecule has 0 unspecified atom stereocenters. The first kappa shape index (κ1) is 36.4. The molecule has 0 aliphatic carbocycles. The minimum absolute atomic E-state index is 0.175. The first-order valence-corrected chi connectivity index (χ1v) is 14.5. The fraction of sp³-hybridized carbons (Fsp3) is 0.500. The monoisotopic (exact) mass is 631 g/mol. The molecule has 15 heteroatoms. The van der Waals surface area contributed by atoms with Crippen molar-refractivity contribution in [1.29, 1.82) is 0 Å². The molecule has 1 aromatic carbocycles. The van der Waals surface area contributed by atoms with Crippen molar-refractivity contribution in [2.75, 3.05) is 5.32 Å². The highest BCUT2D eigenvalue weighted by atomic mass is 16.4. The van der Waals surface area contributed by atoms with E-state index in [0.717, 1.165) is 0 Å². The zero-order valence-electron chi connectivity index (χ0n) is 25.8. The third kappa shape index (κ3) is 10.7. The van der Waals surface area contributed by atoms with E-state index < -0.39 is 84.1 Å². The van der Waals surface area contributed by atoms with Crippen LogP contribution in [-0.2, 0) is 28.8 Å². The van der Waals surface area contributed by atoms with Gasteiger partial charge >= 0.3 is 17.6 Å². The van der Waals surface area contributed by atoms with Gasteiger partial charge in [0.15, 0.2) is 0 Å². The lowest BCUT2D eigenvalue weighted by Crippen LogP contribution is -2.59. The van der Waals surface area contributed by atoms with E-state index in [0.29, 0.717) is 17.4 Å². The fourth-order valence-electron chi connectivity index (χ4n) is 4.34. The number of benzene rings is 1. The predicted molar refractivity (Wildman–Crippen MR) is 163 cm³/mol. The normalized spacial score (nSPS) is 14.5. The molecule has 15 nitrogen and oxygen atoms in total. The second-order valence-electron chi connectivity index (χ2n) is 11.2. The summed E-state index contributed by atoms with van der Waals surface area (Å²) >= 11 is 0. The Bertz CT molecular complexity index is 1490. The summed E-state index contributed by atoms with van der Waals surface area (Å²) in [4.78, 5) is 87.0. The van der Waals surface area contributed by atoms with Crippen LogP contribution in [-0.4, -0.2) is 69.9 Å². The SMILES string of the molecule is CC[C@H](C)[C@H](NC(=O)[C@H](CCC(=O)O)NC(=O)[C@@H](N)C(C)C)C(=O)N[C@@H](CC(=O)O)C(=O)Nc1ccc2c(C)cc(=O)oc2c1. The summed E-state index contributed by atoms with van der Waals surface area (Å²) in [6, 6.07) is 0.651. The molecule has 0 saturated carbocycles. The third-order valence-electron chi connectivity index (χ3n) is 7.32. The molecule has 2 rings (SSSR count). The first-order chi connectivity index (χ1) is 21.0. The molecule has 1 heterocycles. The number of carbonyl (C=O) groups excluding carboxylic acids is 4. The number of anilines is 1. The first-order valence-electron chi connectivity index (χ1n) is 14.5. The lowest BCUT2D eigenvalue weighted by Gasteiger charge is -2.28. The third-order valence-corrected chi connectivity index (χ3v) is 7.32. The van der Waals surface area contributed by atoms with E-state index in [1.165, 1.54) is 18.2 Å². The van der Waals surface area contributed by atoms with Crippen molar-refractivity contribution in [2.24, 2.45) is 17.6 Å². The fourth-order valence-corrected chi connectivity index (χ4v) is 4.34. The van der Waals surface area contributed by atoms with Crippen molar-refractivity contribution in [1.82, 2.24) is 16.0 Å². The molecule has 1 aromatic heterocycles. The Morgan fingerprint density at radius 1 is 0.867 bits per heavy atom. The molecule has 0 bridgehead atoms. The van der Waals surface area contributed by atoms with Crippen molar-refractivity contribution >= 4 is 52.2 Å². The van der Waals surface area contributed by atoms with Crippen LogP contribution in [0, 0.1) is 18.8 Å². The van der Waals surface area contributed by atoms with Gasteiger partial charge in [0.25, 0.3) is 0 Å². The molecule has 45 heavy (non-hydrogen) atoms. The van der Waals surface area contributed by atoms with Crippen LogP contribution in [0.1, 0.15) is 58.9 Å². The number of rotatable bonds is 16. The number of carbonyl (C=O) groups is 6. The molecule has 0 aliphatic heterocycles. The average molecular weight is 632 g/mol. The Morgan fingerprint density at radius 2 is 1.51 bits per heavy atom. The number of carboxylic acid groups (broad SMARTS) is 2. The van der Waals surface area contributed by atoms with E-state index in [1.807, 2.05) is 0 Å². The summed E-state index contributed by atoms with van der Waals surface area (Å²) in [7, 11) is 0. The number of nitrogens with one attached hydrogen (secondary N) is 4. The standard InChI is InChI=1S/C30H41N5O10/c1-6-15(4)26(35-27(41)19(9-10-22(36)37)33-29(43)25(31)14(2)3)30(44)34-20(13-23(38)39)28(42)32-17-7-8-18-16(5)11-24(40)45-21(18)12-17/h7-8,11-12,14-15,19-20,25-26H,6,9-10,13,31H2,1-5H3,(H,32,42)(H,33,43)(H,34,44)(H,35,41)(H,36,37)(H,38,39)/t15-,19-,20-,25-,26-/m0/s1. The summed E-state index contributed by atoms with van der Waals surface area (Å²) in [5, 5.41) is 29.1. The quantitative estimate of drug-likeness (QED) is 0.128. The Labute approximate surface area is 259 Å². The molecule has 8 N–H and O–H groups in total. The maximum atomic E-state index is 13.4. The minimum atomic E-state index is -1.58. The van der Waals surface area contributed by atoms with Crippen LogP contribution in [0.25, 0.3) is 11.0 Å². The van der Waals surface area contributed by atoms with Crippen LogP contribution in [0.3, 0.4) is 0 Å². The zero-order valence-corrected chi connectivity index (χ0v) is 25.8. The van der Waals surface area contributed by atoms with Crippen molar-refractivity contribution < 1.29 is 43.4 Å². The lowest BCUT2D eigenvalue weighted by molar-refractivity contribution is -0.141. The highest BCUT2D eigenvalue weighted by Crippen LogP contribution is 2.21. The molecule has 0 saturated heterocycles. The summed E-state index contributed by atoms with van der Waals surface area (Å²) in [6.45, 7) is 8.49. The number of hydrogen-bond acceptors (Lipinski definition) is 9. The largest absolute Gasteiger partial charge is 0.481 e. The smallest absolute Gasteiger partial charge is 0.336 e. The van der Waals surface area contributed by atoms with Crippen LogP contribution in [0.4, 0.5) is 5.69 Å². The number of fused-ring (bicyclic) bond motifs is 1. The van der Waals surface area contributed by atoms with Gasteiger partial charge in [0.05, 0.1) is 12.5 Å². The summed E-state index contributed by atoms with van der Waals surface area (Å²) in [6.07, 6.45) is -1.18. The van der Waals surface area contributed by atoms with Gasteiger partial charge in [0.2, 0.25) is 23.6 Å². The number of hydrogen-bond donors (Lipinski definition) is 7. The maximum absolute atomic E-state index is 13.4. The number of aryl methyl sites for hydroxylation is 1. The highest BCUT2D eigenvalue weighted by Gasteiger charge is 2.34. The molecule has 0 radical (unpaired) electrons. The maximum Gasteiger partial charge on any atom is 0.336 e. The van der Waals surface area contributed by atoms with Crippen molar-refractivity contribution in [2.45, 2.75) is 84.5 Å². The molecular formula is C30H41N5O10. The van der Waals surface area contributed by atoms with E-state index in [2.05, 4.69) is 21.3 Å². The lowest BCUT2D eigenvalue weighted by atomic mass is 9.96. The molecule has 246 valence electrons. The van der Waals surface area contributed by atoms with Gasteiger partial charge in [0, 0.05) is 29.6 Å². The molecule has 4 amide bonds. The van der Waals surface area contributed by atoms with Crippen LogP contribution >= 0.6 is 0 Å². The van der Waals surface area contributed by atoms with Gasteiger partial charge in [-0.1, -0.05) is 34.1 Å². The molecular weight excluding hydrogens is 590 g/mol. The number of amides is 4. The Balaban J connectivity index is 2.28. The van der Waals surface area contributed by atoms with E-state index >= 15 is 0 Å². The molecule has 0 fully saturated rings. The van der Waals surface area contributed by atoms with E-state index in [4.69, 9.17) is 15.3 Å². The van der Waals surface area contributed by atoms with Crippen LogP contribution in [0.2, 0.25) is 0 Å². The van der Waals surface area contributed by atoms with E-state index in [1.54, 1.807) is 40.7 Å². The highest BCUT2D eigenvalue weighted by molar-refractivity contribution is 6.01. The summed E-state index contributed by atoms with van der Waals surface area (Å²) in [5.41, 5.74) is 6.30. The van der Waals surface area contributed by atoms with Crippen LogP contribution in [0.5, 0.6) is 0 Å². The van der Waals surface area contributed by atoms with Gasteiger partial charge in [-0.3, -0.25) is 28.8 Å². The van der Waals surface area contributed by atoms with Crippen LogP contribution < -0.4 is 32.6 Å². The van der Waals surface area contributed by atoms with Gasteiger partial charge in [-0.25, -0.2) is 4.79 Å². The zero-order chi connectivity index (χ0) is 34.0. The Hall–Kier alpha value is -4.79. The van der Waals surface area contributed by atoms with Gasteiger partial charge in [-0.15, -0.1) is 0 Å². The van der Waals surface area contributed by atoms with E-state index in [9.17, 15) is 38.7 Å². The molecule has 2 aromatic rings. The van der Waals surface area contributed by atoms with Gasteiger partial charge in [-0.05, 0) is 42.9 Å². The number of carboxylic acids is 2. The van der Waals surface area contributed by atoms with Crippen molar-refractivity contribution in [3.8, 4) is 0 Å². The number of nitrogens with two attached hydrogens (primary N) is 1. The van der Waals surface area contributed by atoms with Gasteiger partial charge in [-0.2, -0.15) is 0 Å². The summed E-state index contributed by atoms with van der Waals surface area (Å²) < 4.78 is 5.18. The second kappa shape index (κ2) is 16.3. The molecule has 5 atom stereocenters. The topological polar surface area (TPSA) is 247 Å². The van der Waals surface area contributed by atoms with Gasteiger partial charge in [0.1, 0.15) is 23.7 Å². The average Bonchev–Trinajstić information content (AvgIpc) is 2.95. The van der Waals surface area contributed by atoms with Gasteiger partial charge < -0.3 is 41.6 Å². The number of aliphatic carboxylic acids is 2. The second-order valence-corrected chi connectivity index (χ2v) is 11.2.